The van der Waals surface area contributed by atoms with Crippen LogP contribution < -0.4 is 5.32 Å². The second-order valence-electron chi connectivity index (χ2n) is 8.85. The molecule has 10 heteroatoms. The van der Waals surface area contributed by atoms with Gasteiger partial charge in [-0.3, -0.25) is 4.79 Å². The van der Waals surface area contributed by atoms with Gasteiger partial charge in [-0.15, -0.1) is 0 Å². The Kier molecular flexibility index (Phi) is 6.28. The first-order chi connectivity index (χ1) is 15.6. The van der Waals surface area contributed by atoms with Crippen molar-refractivity contribution >= 4 is 27.3 Å². The van der Waals surface area contributed by atoms with Crippen molar-refractivity contribution in [3.8, 4) is 11.1 Å². The largest absolute Gasteiger partial charge is 0.410 e. The van der Waals surface area contributed by atoms with E-state index in [0.717, 1.165) is 35.2 Å². The van der Waals surface area contributed by atoms with Crippen LogP contribution in [0.4, 0.5) is 5.69 Å². The normalized spacial score (nSPS) is 17.5. The summed E-state index contributed by atoms with van der Waals surface area (Å²) in [6, 6.07) is 8.70. The van der Waals surface area contributed by atoms with Crippen molar-refractivity contribution in [2.75, 3.05) is 53.1 Å². The summed E-state index contributed by atoms with van der Waals surface area (Å²) < 4.78 is 27.2. The third-order valence-corrected chi connectivity index (χ3v) is 8.14. The monoisotopic (exact) mass is 471 g/mol. The number of fused-ring (bicyclic) bond motifs is 3. The third-order valence-electron chi connectivity index (χ3n) is 6.27. The van der Waals surface area contributed by atoms with Gasteiger partial charge in [0.05, 0.1) is 10.6 Å². The fraction of sp³-hybridized carbons (Fsp3) is 0.391. The number of carbonyl (C=O) groups is 1. The fourth-order valence-electron chi connectivity index (χ4n) is 4.32. The van der Waals surface area contributed by atoms with E-state index < -0.39 is 15.9 Å². The predicted octanol–water partition coefficient (Wildman–Crippen LogP) is 1.65. The Morgan fingerprint density at radius 1 is 1.09 bits per heavy atom. The molecular formula is C23H29N5O4S. The molecule has 0 bridgehead atoms. The maximum absolute atomic E-state index is 12.9. The highest BCUT2D eigenvalue weighted by Crippen LogP contribution is 2.40. The van der Waals surface area contributed by atoms with Gasteiger partial charge in [-0.1, -0.05) is 17.3 Å². The van der Waals surface area contributed by atoms with Crippen LogP contribution in [0.5, 0.6) is 0 Å². The van der Waals surface area contributed by atoms with Gasteiger partial charge in [0.2, 0.25) is 10.0 Å². The van der Waals surface area contributed by atoms with Crippen LogP contribution in [0.3, 0.4) is 0 Å². The average Bonchev–Trinajstić information content (AvgIpc) is 3.11. The molecule has 0 spiro atoms. The van der Waals surface area contributed by atoms with Crippen molar-refractivity contribution in [1.82, 2.24) is 14.1 Å². The van der Waals surface area contributed by atoms with Gasteiger partial charge in [-0.2, -0.15) is 4.31 Å². The van der Waals surface area contributed by atoms with Gasteiger partial charge in [0.25, 0.3) is 5.91 Å². The number of sulfonamides is 1. The number of hydrogen-bond acceptors (Lipinski definition) is 7. The van der Waals surface area contributed by atoms with Crippen LogP contribution in [-0.2, 0) is 27.8 Å². The van der Waals surface area contributed by atoms with Crippen LogP contribution in [0.15, 0.2) is 40.4 Å². The maximum Gasteiger partial charge on any atom is 0.278 e. The summed E-state index contributed by atoms with van der Waals surface area (Å²) >= 11 is 0. The van der Waals surface area contributed by atoms with Crippen LogP contribution >= 0.6 is 0 Å². The molecular weight excluding hydrogens is 442 g/mol. The summed E-state index contributed by atoms with van der Waals surface area (Å²) in [6.07, 6.45) is 0.795. The van der Waals surface area contributed by atoms with Crippen molar-refractivity contribution in [2.24, 2.45) is 5.16 Å². The van der Waals surface area contributed by atoms with Crippen LogP contribution in [0.1, 0.15) is 16.7 Å². The number of nitrogens with zero attached hydrogens (tertiary/aromatic N) is 4. The van der Waals surface area contributed by atoms with Crippen molar-refractivity contribution in [3.63, 3.8) is 0 Å². The number of nitrogens with one attached hydrogen (secondary N) is 1. The third kappa shape index (κ3) is 4.26. The zero-order valence-corrected chi connectivity index (χ0v) is 20.1. The maximum atomic E-state index is 12.9. The molecule has 2 heterocycles. The SMILES string of the molecule is CN(C)CCN(C)S(=O)(=O)c1ccc(-c2cc3c(c4c2CCN(C)C4)NC(=O)/C3=N\O)cc1. The molecule has 0 atom stereocenters. The first-order valence-corrected chi connectivity index (χ1v) is 12.2. The molecule has 0 aromatic heterocycles. The molecule has 0 saturated carbocycles. The zero-order valence-electron chi connectivity index (χ0n) is 19.3. The Hall–Kier alpha value is -2.79. The zero-order chi connectivity index (χ0) is 23.9. The highest BCUT2D eigenvalue weighted by atomic mass is 32.2. The molecule has 9 nitrogen and oxygen atoms in total. The molecule has 2 aliphatic heterocycles. The minimum atomic E-state index is -3.59. The van der Waals surface area contributed by atoms with E-state index in [1.54, 1.807) is 31.3 Å². The van der Waals surface area contributed by atoms with Gasteiger partial charge in [-0.25, -0.2) is 8.42 Å². The minimum absolute atomic E-state index is 0.0102. The molecule has 0 unspecified atom stereocenters. The topological polar surface area (TPSA) is 106 Å². The molecule has 0 fully saturated rings. The molecule has 1 amide bonds. The van der Waals surface area contributed by atoms with E-state index >= 15 is 0 Å². The number of amides is 1. The molecule has 0 aliphatic carbocycles. The second kappa shape index (κ2) is 8.86. The van der Waals surface area contributed by atoms with E-state index in [9.17, 15) is 18.4 Å². The summed E-state index contributed by atoms with van der Waals surface area (Å²) in [7, 11) is 3.81. The van der Waals surface area contributed by atoms with Crippen molar-refractivity contribution in [1.29, 1.82) is 0 Å². The Morgan fingerprint density at radius 2 is 1.79 bits per heavy atom. The standard InChI is InChI=1S/C23H29N5O4S/c1-26(2)11-12-28(4)33(31,32)16-7-5-15(6-8-16)18-13-19-21(24-23(29)22(19)25-30)20-14-27(3)10-9-17(18)20/h5-8,13,30H,9-12,14H2,1-4H3,(H,24,25,29). The van der Waals surface area contributed by atoms with Gasteiger partial charge < -0.3 is 20.3 Å². The Labute approximate surface area is 194 Å². The molecule has 0 radical (unpaired) electrons. The van der Waals surface area contributed by atoms with Crippen LogP contribution in [-0.4, -0.2) is 87.2 Å². The predicted molar refractivity (Wildman–Crippen MR) is 127 cm³/mol. The lowest BCUT2D eigenvalue weighted by molar-refractivity contribution is -0.110. The molecule has 4 rings (SSSR count). The van der Waals surface area contributed by atoms with E-state index in [4.69, 9.17) is 0 Å². The molecule has 2 aliphatic rings. The number of likely N-dealkylation sites (N-methyl/N-ethyl adjacent to an activating group) is 3. The number of benzene rings is 2. The number of carbonyl (C=O) groups excluding carboxylic acids is 1. The summed E-state index contributed by atoms with van der Waals surface area (Å²) in [6.45, 7) is 2.56. The van der Waals surface area contributed by atoms with Crippen LogP contribution in [0.25, 0.3) is 11.1 Å². The highest BCUT2D eigenvalue weighted by molar-refractivity contribution is 7.89. The summed E-state index contributed by atoms with van der Waals surface area (Å²) in [5.74, 6) is -0.428. The molecule has 0 saturated heterocycles. The Balaban J connectivity index is 1.74. The summed E-state index contributed by atoms with van der Waals surface area (Å²) in [4.78, 5) is 16.6. The van der Waals surface area contributed by atoms with Crippen molar-refractivity contribution < 1.29 is 18.4 Å². The number of oxime groups is 1. The summed E-state index contributed by atoms with van der Waals surface area (Å²) in [5.41, 5.74) is 5.13. The molecule has 2 aromatic carbocycles. The van der Waals surface area contributed by atoms with Crippen molar-refractivity contribution in [2.45, 2.75) is 17.9 Å². The van der Waals surface area contributed by atoms with Gasteiger partial charge in [0.1, 0.15) is 0 Å². The summed E-state index contributed by atoms with van der Waals surface area (Å²) in [5, 5.41) is 15.5. The Morgan fingerprint density at radius 3 is 2.42 bits per heavy atom. The molecule has 2 N–H and O–H groups in total. The van der Waals surface area contributed by atoms with E-state index in [0.29, 0.717) is 30.9 Å². The minimum Gasteiger partial charge on any atom is -0.410 e. The van der Waals surface area contributed by atoms with E-state index in [2.05, 4.69) is 15.4 Å². The second-order valence-corrected chi connectivity index (χ2v) is 10.9. The number of anilines is 1. The Bertz CT molecular complexity index is 1220. The quantitative estimate of drug-likeness (QED) is 0.490. The number of hydrogen-bond donors (Lipinski definition) is 2. The molecule has 176 valence electrons. The van der Waals surface area contributed by atoms with Gasteiger partial charge in [-0.05, 0) is 68.0 Å². The van der Waals surface area contributed by atoms with Gasteiger partial charge in [0, 0.05) is 38.8 Å². The smallest absolute Gasteiger partial charge is 0.278 e. The molecule has 2 aromatic rings. The number of rotatable bonds is 6. The van der Waals surface area contributed by atoms with Gasteiger partial charge >= 0.3 is 0 Å². The molecule has 33 heavy (non-hydrogen) atoms. The first-order valence-electron chi connectivity index (χ1n) is 10.8. The van der Waals surface area contributed by atoms with E-state index in [1.165, 1.54) is 4.31 Å². The van der Waals surface area contributed by atoms with Gasteiger partial charge in [0.15, 0.2) is 5.71 Å². The lowest BCUT2D eigenvalue weighted by Crippen LogP contribution is -2.33. The lowest BCUT2D eigenvalue weighted by Gasteiger charge is -2.29. The van der Waals surface area contributed by atoms with Crippen LogP contribution in [0, 0.1) is 0 Å². The van der Waals surface area contributed by atoms with Crippen LogP contribution in [0.2, 0.25) is 0 Å². The fourth-order valence-corrected chi connectivity index (χ4v) is 5.48. The van der Waals surface area contributed by atoms with E-state index in [-0.39, 0.29) is 10.6 Å². The first kappa shape index (κ1) is 23.4. The lowest BCUT2D eigenvalue weighted by atomic mass is 9.87. The van der Waals surface area contributed by atoms with Crippen molar-refractivity contribution in [3.05, 3.63) is 47.0 Å². The average molecular weight is 472 g/mol. The van der Waals surface area contributed by atoms with E-state index in [1.807, 2.05) is 32.1 Å². The highest BCUT2D eigenvalue weighted by Gasteiger charge is 2.33.